The van der Waals surface area contributed by atoms with Crippen molar-refractivity contribution < 1.29 is 0 Å². The fourth-order valence-electron chi connectivity index (χ4n) is 1.17. The summed E-state index contributed by atoms with van der Waals surface area (Å²) in [6.45, 7) is 6.85. The van der Waals surface area contributed by atoms with Crippen LogP contribution in [-0.4, -0.2) is 22.0 Å². The van der Waals surface area contributed by atoms with Gasteiger partial charge >= 0.3 is 0 Å². The SMILES string of the molecule is C=CCC(NCCC)c1cn[nH]n1. The average Bonchev–Trinajstić information content (AvgIpc) is 2.65. The highest BCUT2D eigenvalue weighted by molar-refractivity contribution is 5.01. The molecule has 0 bridgehead atoms. The average molecular weight is 180 g/mol. The van der Waals surface area contributed by atoms with Gasteiger partial charge in [0.05, 0.1) is 17.9 Å². The highest BCUT2D eigenvalue weighted by Crippen LogP contribution is 2.12. The first-order chi connectivity index (χ1) is 6.38. The number of nitrogens with one attached hydrogen (secondary N) is 2. The van der Waals surface area contributed by atoms with E-state index in [9.17, 15) is 0 Å². The van der Waals surface area contributed by atoms with Crippen molar-refractivity contribution in [3.8, 4) is 0 Å². The van der Waals surface area contributed by atoms with Crippen LogP contribution in [0.3, 0.4) is 0 Å². The van der Waals surface area contributed by atoms with Gasteiger partial charge in [0, 0.05) is 0 Å². The lowest BCUT2D eigenvalue weighted by molar-refractivity contribution is 0.524. The quantitative estimate of drug-likeness (QED) is 0.651. The molecule has 0 aromatic carbocycles. The standard InChI is InChI=1S/C9H16N4/c1-3-5-8(10-6-4-2)9-7-11-13-12-9/h3,7-8,10H,1,4-6H2,2H3,(H,11,12,13). The van der Waals surface area contributed by atoms with Crippen LogP contribution in [0.1, 0.15) is 31.5 Å². The molecule has 13 heavy (non-hydrogen) atoms. The molecule has 0 fully saturated rings. The van der Waals surface area contributed by atoms with Gasteiger partial charge in [-0.15, -0.1) is 6.58 Å². The Morgan fingerprint density at radius 3 is 3.15 bits per heavy atom. The Bertz CT molecular complexity index is 230. The van der Waals surface area contributed by atoms with Gasteiger partial charge in [-0.2, -0.15) is 15.4 Å². The van der Waals surface area contributed by atoms with Crippen molar-refractivity contribution in [1.29, 1.82) is 0 Å². The van der Waals surface area contributed by atoms with E-state index in [2.05, 4.69) is 34.2 Å². The smallest absolute Gasteiger partial charge is 0.0996 e. The summed E-state index contributed by atoms with van der Waals surface area (Å²) in [5, 5.41) is 13.8. The van der Waals surface area contributed by atoms with E-state index < -0.39 is 0 Å². The molecular formula is C9H16N4. The molecule has 1 rings (SSSR count). The molecule has 0 amide bonds. The maximum Gasteiger partial charge on any atom is 0.0996 e. The molecular weight excluding hydrogens is 164 g/mol. The Hall–Kier alpha value is -1.16. The van der Waals surface area contributed by atoms with E-state index in [0.717, 1.165) is 25.1 Å². The molecule has 1 heterocycles. The lowest BCUT2D eigenvalue weighted by Crippen LogP contribution is -2.21. The Morgan fingerprint density at radius 2 is 2.62 bits per heavy atom. The minimum atomic E-state index is 0.246. The van der Waals surface area contributed by atoms with Crippen LogP contribution in [0.25, 0.3) is 0 Å². The minimum absolute atomic E-state index is 0.246. The highest BCUT2D eigenvalue weighted by Gasteiger charge is 2.10. The fourth-order valence-corrected chi connectivity index (χ4v) is 1.17. The highest BCUT2D eigenvalue weighted by atomic mass is 15.3. The fraction of sp³-hybridized carbons (Fsp3) is 0.556. The number of nitrogens with zero attached hydrogens (tertiary/aromatic N) is 2. The second-order valence-corrected chi connectivity index (χ2v) is 2.93. The Labute approximate surface area is 78.4 Å². The zero-order valence-electron chi connectivity index (χ0n) is 7.95. The molecule has 0 aliphatic heterocycles. The summed E-state index contributed by atoms with van der Waals surface area (Å²) in [6, 6.07) is 0.246. The number of hydrogen-bond donors (Lipinski definition) is 2. The largest absolute Gasteiger partial charge is 0.308 e. The van der Waals surface area contributed by atoms with Crippen molar-refractivity contribution in [3.05, 3.63) is 24.5 Å². The van der Waals surface area contributed by atoms with Crippen LogP contribution in [0.5, 0.6) is 0 Å². The van der Waals surface area contributed by atoms with Crippen LogP contribution < -0.4 is 5.32 Å². The first kappa shape index (κ1) is 9.92. The van der Waals surface area contributed by atoms with E-state index in [4.69, 9.17) is 0 Å². The number of aromatic amines is 1. The summed E-state index contributed by atoms with van der Waals surface area (Å²) in [6.07, 6.45) is 5.64. The maximum absolute atomic E-state index is 4.04. The molecule has 0 saturated carbocycles. The normalized spacial score (nSPS) is 12.7. The first-order valence-corrected chi connectivity index (χ1v) is 4.58. The maximum atomic E-state index is 4.04. The Balaban J connectivity index is 2.51. The molecule has 1 unspecified atom stereocenters. The van der Waals surface area contributed by atoms with Crippen molar-refractivity contribution in [2.24, 2.45) is 0 Å². The van der Waals surface area contributed by atoms with Gasteiger partial charge in [0.25, 0.3) is 0 Å². The number of hydrogen-bond acceptors (Lipinski definition) is 3. The van der Waals surface area contributed by atoms with Crippen molar-refractivity contribution in [2.45, 2.75) is 25.8 Å². The molecule has 4 heteroatoms. The minimum Gasteiger partial charge on any atom is -0.308 e. The van der Waals surface area contributed by atoms with E-state index in [1.54, 1.807) is 6.20 Å². The molecule has 1 aromatic heterocycles. The summed E-state index contributed by atoms with van der Waals surface area (Å²) in [7, 11) is 0. The molecule has 0 aliphatic rings. The van der Waals surface area contributed by atoms with Crippen molar-refractivity contribution in [1.82, 2.24) is 20.7 Å². The third-order valence-electron chi connectivity index (χ3n) is 1.83. The van der Waals surface area contributed by atoms with Crippen LogP contribution in [0, 0.1) is 0 Å². The van der Waals surface area contributed by atoms with E-state index in [-0.39, 0.29) is 6.04 Å². The zero-order valence-corrected chi connectivity index (χ0v) is 7.95. The summed E-state index contributed by atoms with van der Waals surface area (Å²) < 4.78 is 0. The monoisotopic (exact) mass is 180 g/mol. The van der Waals surface area contributed by atoms with Crippen LogP contribution in [-0.2, 0) is 0 Å². The van der Waals surface area contributed by atoms with Crippen LogP contribution in [0.15, 0.2) is 18.9 Å². The van der Waals surface area contributed by atoms with Gasteiger partial charge in [-0.25, -0.2) is 0 Å². The van der Waals surface area contributed by atoms with E-state index in [0.29, 0.717) is 0 Å². The third-order valence-corrected chi connectivity index (χ3v) is 1.83. The number of rotatable bonds is 6. The van der Waals surface area contributed by atoms with E-state index in [1.807, 2.05) is 6.08 Å². The van der Waals surface area contributed by atoms with Crippen LogP contribution in [0.4, 0.5) is 0 Å². The predicted octanol–water partition coefficient (Wildman–Crippen LogP) is 1.42. The molecule has 0 spiro atoms. The van der Waals surface area contributed by atoms with Gasteiger partial charge in [0.15, 0.2) is 0 Å². The second kappa shape index (κ2) is 5.48. The first-order valence-electron chi connectivity index (χ1n) is 4.58. The van der Waals surface area contributed by atoms with E-state index in [1.165, 1.54) is 0 Å². The summed E-state index contributed by atoms with van der Waals surface area (Å²) >= 11 is 0. The summed E-state index contributed by atoms with van der Waals surface area (Å²) in [5.41, 5.74) is 0.952. The van der Waals surface area contributed by atoms with Gasteiger partial charge in [0.1, 0.15) is 0 Å². The molecule has 2 N–H and O–H groups in total. The molecule has 1 aromatic rings. The molecule has 0 aliphatic carbocycles. The lowest BCUT2D eigenvalue weighted by atomic mass is 10.1. The predicted molar refractivity (Wildman–Crippen MR) is 52.2 cm³/mol. The Kier molecular flexibility index (Phi) is 4.18. The lowest BCUT2D eigenvalue weighted by Gasteiger charge is -2.12. The van der Waals surface area contributed by atoms with Crippen LogP contribution >= 0.6 is 0 Å². The van der Waals surface area contributed by atoms with Crippen molar-refractivity contribution in [3.63, 3.8) is 0 Å². The van der Waals surface area contributed by atoms with Gasteiger partial charge in [-0.05, 0) is 19.4 Å². The molecule has 72 valence electrons. The summed E-state index contributed by atoms with van der Waals surface area (Å²) in [4.78, 5) is 0. The summed E-state index contributed by atoms with van der Waals surface area (Å²) in [5.74, 6) is 0. The van der Waals surface area contributed by atoms with Gasteiger partial charge in [0.2, 0.25) is 0 Å². The molecule has 1 atom stereocenters. The zero-order chi connectivity index (χ0) is 9.52. The second-order valence-electron chi connectivity index (χ2n) is 2.93. The molecule has 4 nitrogen and oxygen atoms in total. The number of aromatic nitrogens is 3. The van der Waals surface area contributed by atoms with Gasteiger partial charge < -0.3 is 5.32 Å². The molecule has 0 saturated heterocycles. The Morgan fingerprint density at radius 1 is 1.77 bits per heavy atom. The van der Waals surface area contributed by atoms with Crippen LogP contribution in [0.2, 0.25) is 0 Å². The van der Waals surface area contributed by atoms with Crippen molar-refractivity contribution in [2.75, 3.05) is 6.54 Å². The topological polar surface area (TPSA) is 53.6 Å². The third kappa shape index (κ3) is 2.99. The van der Waals surface area contributed by atoms with Gasteiger partial charge in [-0.3, -0.25) is 0 Å². The van der Waals surface area contributed by atoms with E-state index >= 15 is 0 Å². The molecule has 0 radical (unpaired) electrons. The van der Waals surface area contributed by atoms with Gasteiger partial charge in [-0.1, -0.05) is 13.0 Å². The van der Waals surface area contributed by atoms with Crippen molar-refractivity contribution >= 4 is 0 Å². The number of H-pyrrole nitrogens is 1.